The predicted molar refractivity (Wildman–Crippen MR) is 106 cm³/mol. The van der Waals surface area contributed by atoms with Crippen LogP contribution in [0.1, 0.15) is 31.9 Å². The van der Waals surface area contributed by atoms with Crippen LogP contribution >= 0.6 is 0 Å². The van der Waals surface area contributed by atoms with E-state index < -0.39 is 10.9 Å². The monoisotopic (exact) mass is 389 g/mol. The number of rotatable bonds is 7. The molecule has 0 aliphatic carbocycles. The highest BCUT2D eigenvalue weighted by atomic mass is 32.2. The lowest BCUT2D eigenvalue weighted by molar-refractivity contribution is -0.123. The van der Waals surface area contributed by atoms with E-state index >= 15 is 0 Å². The normalized spacial score (nSPS) is 12.6. The summed E-state index contributed by atoms with van der Waals surface area (Å²) in [4.78, 5) is 12.0. The van der Waals surface area contributed by atoms with Gasteiger partial charge in [0.2, 0.25) is 0 Å². The molecule has 7 heteroatoms. The molecule has 0 fully saturated rings. The summed E-state index contributed by atoms with van der Waals surface area (Å²) in [5, 5.41) is 2.80. The SMILES string of the molecule is CO[S-](=O)=Nc1ccc(CNC(=O)COc2ccc(C(C)(C)C)cc2)cc1. The first-order chi connectivity index (χ1) is 12.8. The maximum Gasteiger partial charge on any atom is 0.258 e. The summed E-state index contributed by atoms with van der Waals surface area (Å²) >= 11 is 0. The van der Waals surface area contributed by atoms with Gasteiger partial charge in [-0.3, -0.25) is 4.79 Å². The second-order valence-electron chi connectivity index (χ2n) is 6.98. The van der Waals surface area contributed by atoms with Crippen LogP contribution in [0.25, 0.3) is 0 Å². The number of hydrogen-bond acceptors (Lipinski definition) is 6. The van der Waals surface area contributed by atoms with Crippen molar-refractivity contribution in [3.63, 3.8) is 0 Å². The van der Waals surface area contributed by atoms with E-state index in [2.05, 4.69) is 34.6 Å². The van der Waals surface area contributed by atoms with Crippen LogP contribution in [0.4, 0.5) is 5.69 Å². The molecule has 1 N–H and O–H groups in total. The highest BCUT2D eigenvalue weighted by Gasteiger charge is 2.13. The van der Waals surface area contributed by atoms with Gasteiger partial charge in [0, 0.05) is 19.3 Å². The summed E-state index contributed by atoms with van der Waals surface area (Å²) in [6.07, 6.45) is 0. The van der Waals surface area contributed by atoms with Crippen molar-refractivity contribution in [2.45, 2.75) is 32.7 Å². The Morgan fingerprint density at radius 2 is 1.70 bits per heavy atom. The topological polar surface area (TPSA) is 77.0 Å². The van der Waals surface area contributed by atoms with Gasteiger partial charge in [-0.25, -0.2) is 0 Å². The molecular weight excluding hydrogens is 364 g/mol. The molecule has 27 heavy (non-hydrogen) atoms. The van der Waals surface area contributed by atoms with Gasteiger partial charge >= 0.3 is 0 Å². The van der Waals surface area contributed by atoms with Gasteiger partial charge in [0.25, 0.3) is 5.91 Å². The van der Waals surface area contributed by atoms with Gasteiger partial charge in [0.15, 0.2) is 6.61 Å². The smallest absolute Gasteiger partial charge is 0.258 e. The zero-order valence-corrected chi connectivity index (χ0v) is 16.8. The summed E-state index contributed by atoms with van der Waals surface area (Å²) in [6, 6.07) is 14.8. The van der Waals surface area contributed by atoms with E-state index in [0.717, 1.165) is 5.56 Å². The van der Waals surface area contributed by atoms with Gasteiger partial charge in [-0.2, -0.15) is 0 Å². The molecule has 0 saturated carbocycles. The molecule has 2 aromatic rings. The van der Waals surface area contributed by atoms with Gasteiger partial charge in [-0.15, -0.1) is 0 Å². The lowest BCUT2D eigenvalue weighted by Gasteiger charge is -2.19. The van der Waals surface area contributed by atoms with Crippen LogP contribution in [-0.2, 0) is 36.0 Å². The Balaban J connectivity index is 1.80. The largest absolute Gasteiger partial charge is 0.484 e. The van der Waals surface area contributed by atoms with Crippen molar-refractivity contribution in [2.24, 2.45) is 4.36 Å². The van der Waals surface area contributed by atoms with Crippen LogP contribution in [0, 0.1) is 0 Å². The van der Waals surface area contributed by atoms with Crippen molar-refractivity contribution in [3.8, 4) is 5.75 Å². The zero-order valence-electron chi connectivity index (χ0n) is 16.0. The Labute approximate surface area is 162 Å². The van der Waals surface area contributed by atoms with Crippen molar-refractivity contribution in [1.82, 2.24) is 5.32 Å². The van der Waals surface area contributed by atoms with Crippen molar-refractivity contribution in [3.05, 3.63) is 59.7 Å². The fraction of sp³-hybridized carbons (Fsp3) is 0.350. The van der Waals surface area contributed by atoms with Gasteiger partial charge in [-0.1, -0.05) is 55.9 Å². The molecular formula is C20H25N2O4S-. The summed E-state index contributed by atoms with van der Waals surface area (Å²) < 4.78 is 25.1. The molecule has 1 amide bonds. The first-order valence-electron chi connectivity index (χ1n) is 8.55. The summed E-state index contributed by atoms with van der Waals surface area (Å²) in [6.45, 7) is 6.77. The number of amides is 1. The van der Waals surface area contributed by atoms with Crippen LogP contribution in [0.3, 0.4) is 0 Å². The molecule has 2 rings (SSSR count). The summed E-state index contributed by atoms with van der Waals surface area (Å²) in [5.74, 6) is 0.458. The quantitative estimate of drug-likeness (QED) is 0.726. The number of carbonyl (C=O) groups is 1. The van der Waals surface area contributed by atoms with Gasteiger partial charge in [0.1, 0.15) is 5.75 Å². The molecule has 0 aliphatic rings. The van der Waals surface area contributed by atoms with Crippen LogP contribution in [0.15, 0.2) is 52.9 Å². The molecule has 0 heterocycles. The second kappa shape index (κ2) is 9.53. The van der Waals surface area contributed by atoms with Gasteiger partial charge < -0.3 is 22.8 Å². The Bertz CT molecular complexity index is 834. The van der Waals surface area contributed by atoms with Crippen molar-refractivity contribution >= 4 is 22.5 Å². The predicted octanol–water partition coefficient (Wildman–Crippen LogP) is 4.02. The minimum atomic E-state index is -1.68. The van der Waals surface area contributed by atoms with Crippen molar-refractivity contribution in [1.29, 1.82) is 0 Å². The Kier molecular flexibility index (Phi) is 7.38. The Morgan fingerprint density at radius 3 is 2.26 bits per heavy atom. The highest BCUT2D eigenvalue weighted by molar-refractivity contribution is 7.69. The molecule has 0 unspecified atom stereocenters. The van der Waals surface area contributed by atoms with E-state index in [1.807, 2.05) is 24.3 Å². The first-order valence-corrected chi connectivity index (χ1v) is 9.58. The average Bonchev–Trinajstić information content (AvgIpc) is 2.65. The zero-order chi connectivity index (χ0) is 19.9. The molecule has 146 valence electrons. The number of carbonyl (C=O) groups excluding carboxylic acids is 1. The third kappa shape index (κ3) is 7.03. The van der Waals surface area contributed by atoms with E-state index in [9.17, 15) is 9.00 Å². The molecule has 0 bridgehead atoms. The van der Waals surface area contributed by atoms with Crippen molar-refractivity contribution < 1.29 is 17.9 Å². The van der Waals surface area contributed by atoms with Crippen LogP contribution in [0.5, 0.6) is 5.75 Å². The lowest BCUT2D eigenvalue weighted by atomic mass is 9.87. The lowest BCUT2D eigenvalue weighted by Crippen LogP contribution is -2.28. The number of nitrogens with zero attached hydrogens (tertiary/aromatic N) is 1. The van der Waals surface area contributed by atoms with E-state index in [-0.39, 0.29) is 17.9 Å². The van der Waals surface area contributed by atoms with Crippen LogP contribution in [-0.4, -0.2) is 19.6 Å². The minimum Gasteiger partial charge on any atom is -0.484 e. The molecule has 0 aromatic heterocycles. The van der Waals surface area contributed by atoms with Crippen molar-refractivity contribution in [2.75, 3.05) is 13.7 Å². The number of ether oxygens (including phenoxy) is 1. The van der Waals surface area contributed by atoms with E-state index in [1.54, 1.807) is 24.3 Å². The molecule has 0 radical (unpaired) electrons. The van der Waals surface area contributed by atoms with E-state index in [4.69, 9.17) is 4.74 Å². The third-order valence-electron chi connectivity index (χ3n) is 3.84. The fourth-order valence-corrected chi connectivity index (χ4v) is 2.62. The molecule has 0 atom stereocenters. The van der Waals surface area contributed by atoms with Crippen LogP contribution in [0.2, 0.25) is 0 Å². The molecule has 6 nitrogen and oxygen atoms in total. The first kappa shape index (κ1) is 20.9. The Hall–Kier alpha value is -2.38. The standard InChI is InChI=1S/C20H25N2O4S/c1-20(2,3)16-7-11-18(12-8-16)26-14-19(23)21-13-15-5-9-17(10-6-15)22-27(24)25-4/h5-12H,13-14H2,1-4H3,(H,21,23)/q-1. The van der Waals surface area contributed by atoms with Gasteiger partial charge in [0.05, 0.1) is 0 Å². The fourth-order valence-electron chi connectivity index (χ4n) is 2.25. The molecule has 0 spiro atoms. The number of hydrogen-bond donors (Lipinski definition) is 1. The summed E-state index contributed by atoms with van der Waals surface area (Å²) in [5.41, 5.74) is 2.74. The highest BCUT2D eigenvalue weighted by Crippen LogP contribution is 2.24. The maximum atomic E-state index is 12.0. The molecule has 0 aliphatic heterocycles. The molecule has 0 saturated heterocycles. The number of nitrogens with one attached hydrogen (secondary N) is 1. The van der Waals surface area contributed by atoms with Crippen LogP contribution < -0.4 is 10.1 Å². The van der Waals surface area contributed by atoms with E-state index in [1.165, 1.54) is 12.7 Å². The van der Waals surface area contributed by atoms with Gasteiger partial charge in [-0.05, 0) is 40.8 Å². The molecule has 2 aromatic carbocycles. The minimum absolute atomic E-state index is 0.0465. The average molecular weight is 389 g/mol. The van der Waals surface area contributed by atoms with E-state index in [0.29, 0.717) is 18.0 Å². The number of benzene rings is 2. The summed E-state index contributed by atoms with van der Waals surface area (Å²) in [7, 11) is -0.361. The Morgan fingerprint density at radius 1 is 1.07 bits per heavy atom. The second-order valence-corrected chi connectivity index (χ2v) is 7.93. The third-order valence-corrected chi connectivity index (χ3v) is 4.48. The maximum absolute atomic E-state index is 12.0.